The largest absolute Gasteiger partial charge is 0.433 e. The first-order valence-corrected chi connectivity index (χ1v) is 3.36. The van der Waals surface area contributed by atoms with Crippen molar-refractivity contribution in [1.82, 2.24) is 0 Å². The molecule has 0 aliphatic heterocycles. The smallest absolute Gasteiger partial charge is 0.259 e. The van der Waals surface area contributed by atoms with E-state index in [0.717, 1.165) is 6.08 Å². The Labute approximate surface area is 69.3 Å². The molecule has 0 amide bonds. The molecule has 0 radical (unpaired) electrons. The van der Waals surface area contributed by atoms with E-state index in [1.165, 1.54) is 0 Å². The number of hydrogen-bond acceptors (Lipinski definition) is 1. The predicted molar refractivity (Wildman–Crippen MR) is 43.1 cm³/mol. The van der Waals surface area contributed by atoms with Crippen molar-refractivity contribution in [2.75, 3.05) is 0 Å². The molecule has 68 valence electrons. The zero-order chi connectivity index (χ0) is 9.78. The van der Waals surface area contributed by atoms with Gasteiger partial charge in [0.05, 0.1) is 0 Å². The lowest BCUT2D eigenvalue weighted by atomic mass is 10.1. The van der Waals surface area contributed by atoms with E-state index in [4.69, 9.17) is 0 Å². The molecule has 12 heavy (non-hydrogen) atoms. The normalized spacial score (nSPS) is 13.7. The van der Waals surface area contributed by atoms with Crippen LogP contribution < -0.4 is 0 Å². The molecule has 0 bridgehead atoms. The molecular formula is C8H10F3N. The third-order valence-electron chi connectivity index (χ3n) is 1.36. The van der Waals surface area contributed by atoms with Crippen molar-refractivity contribution in [3.63, 3.8) is 0 Å². The van der Waals surface area contributed by atoms with Gasteiger partial charge < -0.3 is 0 Å². The highest BCUT2D eigenvalue weighted by Crippen LogP contribution is 2.30. The van der Waals surface area contributed by atoms with Gasteiger partial charge in [-0.05, 0) is 18.7 Å². The Morgan fingerprint density at radius 3 is 2.08 bits per heavy atom. The van der Waals surface area contributed by atoms with Gasteiger partial charge in [0, 0.05) is 0 Å². The lowest BCUT2D eigenvalue weighted by molar-refractivity contribution is -0.0929. The summed E-state index contributed by atoms with van der Waals surface area (Å²) in [5, 5.41) is 0. The van der Waals surface area contributed by atoms with E-state index in [9.17, 15) is 13.2 Å². The molecular weight excluding hydrogens is 167 g/mol. The van der Waals surface area contributed by atoms with Crippen LogP contribution in [0.2, 0.25) is 0 Å². The molecule has 0 atom stereocenters. The second-order valence-electron chi connectivity index (χ2n) is 2.09. The number of aliphatic imine (C=N–C) groups is 1. The summed E-state index contributed by atoms with van der Waals surface area (Å²) in [4.78, 5) is 2.93. The molecule has 0 aliphatic carbocycles. The summed E-state index contributed by atoms with van der Waals surface area (Å²) < 4.78 is 36.3. The minimum atomic E-state index is -4.43. The van der Waals surface area contributed by atoms with Gasteiger partial charge in [0.1, 0.15) is 5.70 Å². The fourth-order valence-electron chi connectivity index (χ4n) is 0.782. The van der Waals surface area contributed by atoms with Gasteiger partial charge in [-0.3, -0.25) is 4.99 Å². The average Bonchev–Trinajstić information content (AvgIpc) is 1.97. The molecule has 0 fully saturated rings. The van der Waals surface area contributed by atoms with Crippen LogP contribution >= 0.6 is 0 Å². The maximum Gasteiger partial charge on any atom is 0.433 e. The quantitative estimate of drug-likeness (QED) is 0.464. The van der Waals surface area contributed by atoms with Crippen molar-refractivity contribution in [3.8, 4) is 0 Å². The average molecular weight is 177 g/mol. The van der Waals surface area contributed by atoms with Crippen LogP contribution in [0.15, 0.2) is 28.9 Å². The number of alkyl halides is 3. The van der Waals surface area contributed by atoms with Gasteiger partial charge in [0.25, 0.3) is 0 Å². The first kappa shape index (κ1) is 10.9. The summed E-state index contributed by atoms with van der Waals surface area (Å²) in [7, 11) is 0. The van der Waals surface area contributed by atoms with E-state index in [2.05, 4.69) is 18.3 Å². The number of hydrogen-bond donors (Lipinski definition) is 0. The summed E-state index contributed by atoms with van der Waals surface area (Å²) in [5.41, 5.74) is -0.877. The van der Waals surface area contributed by atoms with Gasteiger partial charge in [-0.15, -0.1) is 0 Å². The lowest BCUT2D eigenvalue weighted by Crippen LogP contribution is -2.11. The Morgan fingerprint density at radius 2 is 2.00 bits per heavy atom. The van der Waals surface area contributed by atoms with Crippen LogP contribution in [0.4, 0.5) is 13.2 Å². The van der Waals surface area contributed by atoms with Gasteiger partial charge in [-0.25, -0.2) is 0 Å². The Balaban J connectivity index is 5.09. The van der Waals surface area contributed by atoms with E-state index in [-0.39, 0.29) is 12.0 Å². The molecule has 0 spiro atoms. The molecule has 1 nitrogen and oxygen atoms in total. The van der Waals surface area contributed by atoms with Crippen LogP contribution in [-0.4, -0.2) is 12.9 Å². The van der Waals surface area contributed by atoms with E-state index in [1.54, 1.807) is 6.92 Å². The monoisotopic (exact) mass is 177 g/mol. The zero-order valence-corrected chi connectivity index (χ0v) is 6.78. The lowest BCUT2D eigenvalue weighted by Gasteiger charge is -2.09. The van der Waals surface area contributed by atoms with Gasteiger partial charge in [0.2, 0.25) is 0 Å². The summed E-state index contributed by atoms with van der Waals surface area (Å²) in [5.74, 6) is 0. The van der Waals surface area contributed by atoms with Crippen LogP contribution in [0.25, 0.3) is 0 Å². The molecule has 0 heterocycles. The third-order valence-corrected chi connectivity index (χ3v) is 1.36. The van der Waals surface area contributed by atoms with Crippen molar-refractivity contribution < 1.29 is 13.2 Å². The first-order valence-electron chi connectivity index (χ1n) is 3.36. The minimum absolute atomic E-state index is 0.0671. The van der Waals surface area contributed by atoms with Crippen molar-refractivity contribution in [2.24, 2.45) is 4.99 Å². The highest BCUT2D eigenvalue weighted by Gasteiger charge is 2.34. The Morgan fingerprint density at radius 1 is 1.50 bits per heavy atom. The highest BCUT2D eigenvalue weighted by molar-refractivity contribution is 5.35. The molecule has 0 saturated heterocycles. The fourth-order valence-corrected chi connectivity index (χ4v) is 0.782. The molecule has 0 unspecified atom stereocenters. The van der Waals surface area contributed by atoms with Crippen LogP contribution in [-0.2, 0) is 0 Å². The third kappa shape index (κ3) is 2.53. The van der Waals surface area contributed by atoms with Crippen LogP contribution in [0.5, 0.6) is 0 Å². The highest BCUT2D eigenvalue weighted by atomic mass is 19.4. The topological polar surface area (TPSA) is 12.4 Å². The standard InChI is InChI=1S/C8H10F3N/c1-4-6(5-2)7(12-3)8(9,10)11/h4H,1,3,5H2,2H3/b7-6+. The first-order chi connectivity index (χ1) is 5.47. The fraction of sp³-hybridized carbons (Fsp3) is 0.375. The molecule has 0 aromatic carbocycles. The van der Waals surface area contributed by atoms with Crippen LogP contribution in [0, 0.1) is 0 Å². The van der Waals surface area contributed by atoms with Gasteiger partial charge >= 0.3 is 6.18 Å². The summed E-state index contributed by atoms with van der Waals surface area (Å²) in [6, 6.07) is 0. The summed E-state index contributed by atoms with van der Waals surface area (Å²) >= 11 is 0. The van der Waals surface area contributed by atoms with E-state index >= 15 is 0 Å². The van der Waals surface area contributed by atoms with E-state index in [0.29, 0.717) is 0 Å². The van der Waals surface area contributed by atoms with Crippen LogP contribution in [0.1, 0.15) is 13.3 Å². The van der Waals surface area contributed by atoms with Crippen LogP contribution in [0.3, 0.4) is 0 Å². The Bertz CT molecular complexity index is 213. The molecule has 0 rings (SSSR count). The number of nitrogens with zero attached hydrogens (tertiary/aromatic N) is 1. The zero-order valence-electron chi connectivity index (χ0n) is 6.78. The summed E-state index contributed by atoms with van der Waals surface area (Å²) in [6.45, 7) is 7.74. The van der Waals surface area contributed by atoms with Gasteiger partial charge in [-0.1, -0.05) is 19.6 Å². The van der Waals surface area contributed by atoms with Gasteiger partial charge in [-0.2, -0.15) is 13.2 Å². The maximum absolute atomic E-state index is 12.1. The number of rotatable bonds is 3. The Hall–Kier alpha value is -1.06. The predicted octanol–water partition coefficient (Wildman–Crippen LogP) is 3.10. The summed E-state index contributed by atoms with van der Waals surface area (Å²) in [6.07, 6.45) is -3.03. The van der Waals surface area contributed by atoms with Crippen molar-refractivity contribution in [1.29, 1.82) is 0 Å². The minimum Gasteiger partial charge on any atom is -0.259 e. The maximum atomic E-state index is 12.1. The molecule has 0 N–H and O–H groups in total. The van der Waals surface area contributed by atoms with Gasteiger partial charge in [0.15, 0.2) is 0 Å². The van der Waals surface area contributed by atoms with Crippen molar-refractivity contribution in [3.05, 3.63) is 23.9 Å². The SMILES string of the molecule is C=C/C(CC)=C(\N=C)C(F)(F)F. The molecule has 0 aromatic rings. The van der Waals surface area contributed by atoms with Crippen molar-refractivity contribution in [2.45, 2.75) is 19.5 Å². The van der Waals surface area contributed by atoms with E-state index < -0.39 is 11.9 Å². The second kappa shape index (κ2) is 4.09. The number of allylic oxidation sites excluding steroid dienone is 3. The number of halogens is 3. The second-order valence-corrected chi connectivity index (χ2v) is 2.09. The molecule has 0 aliphatic rings. The van der Waals surface area contributed by atoms with E-state index in [1.807, 2.05) is 0 Å². The molecule has 4 heteroatoms. The molecule has 0 saturated carbocycles. The Kier molecular flexibility index (Phi) is 3.73. The molecule has 0 aromatic heterocycles. The van der Waals surface area contributed by atoms with Crippen molar-refractivity contribution >= 4 is 6.72 Å².